The minimum Gasteiger partial charge on any atom is -0.316 e. The third-order valence-corrected chi connectivity index (χ3v) is 2.57. The molecule has 0 spiro atoms. The highest BCUT2D eigenvalue weighted by molar-refractivity contribution is 5.09. The predicted molar refractivity (Wildman–Crippen MR) is 47.5 cm³/mol. The topological polar surface area (TPSA) is 12.0 Å². The molecule has 1 aliphatic heterocycles. The van der Waals surface area contributed by atoms with Crippen LogP contribution in [0, 0.1) is 5.92 Å². The van der Waals surface area contributed by atoms with Crippen molar-refractivity contribution < 1.29 is 0 Å². The predicted octanol–water partition coefficient (Wildman–Crippen LogP) is 2.10. The molecule has 1 nitrogen and oxygen atoms in total. The molecule has 0 unspecified atom stereocenters. The Morgan fingerprint density at radius 1 is 1.18 bits per heavy atom. The van der Waals surface area contributed by atoms with Gasteiger partial charge in [-0.15, -0.1) is 0 Å². The van der Waals surface area contributed by atoms with Gasteiger partial charge in [0.15, 0.2) is 0 Å². The normalized spacial score (nSPS) is 30.4. The van der Waals surface area contributed by atoms with Gasteiger partial charge < -0.3 is 5.32 Å². The summed E-state index contributed by atoms with van der Waals surface area (Å²) in [5, 5.41) is 3.43. The first-order chi connectivity index (χ1) is 5.45. The van der Waals surface area contributed by atoms with Crippen molar-refractivity contribution in [3.05, 3.63) is 11.6 Å². The van der Waals surface area contributed by atoms with Gasteiger partial charge in [0.25, 0.3) is 0 Å². The Morgan fingerprint density at radius 2 is 2.09 bits per heavy atom. The van der Waals surface area contributed by atoms with Crippen LogP contribution in [0.15, 0.2) is 11.6 Å². The number of rotatable bonds is 1. The van der Waals surface area contributed by atoms with Crippen molar-refractivity contribution in [3.8, 4) is 0 Å². The molecule has 62 valence electrons. The van der Waals surface area contributed by atoms with Gasteiger partial charge in [0.05, 0.1) is 0 Å². The molecule has 1 heteroatoms. The van der Waals surface area contributed by atoms with E-state index in [1.165, 1.54) is 45.2 Å². The van der Waals surface area contributed by atoms with Crippen LogP contribution < -0.4 is 5.32 Å². The van der Waals surface area contributed by atoms with E-state index >= 15 is 0 Å². The summed E-state index contributed by atoms with van der Waals surface area (Å²) in [6.45, 7) is 2.43. The van der Waals surface area contributed by atoms with Gasteiger partial charge in [-0.2, -0.15) is 0 Å². The van der Waals surface area contributed by atoms with Crippen molar-refractivity contribution >= 4 is 0 Å². The SMILES string of the molecule is C(=C1\CCCNCC1)/C1CC1. The van der Waals surface area contributed by atoms with Gasteiger partial charge >= 0.3 is 0 Å². The molecule has 0 radical (unpaired) electrons. The summed E-state index contributed by atoms with van der Waals surface area (Å²) >= 11 is 0. The Kier molecular flexibility index (Phi) is 2.27. The highest BCUT2D eigenvalue weighted by Gasteiger charge is 2.19. The minimum atomic E-state index is 0.975. The summed E-state index contributed by atoms with van der Waals surface area (Å²) in [6, 6.07) is 0. The minimum absolute atomic E-state index is 0.975. The lowest BCUT2D eigenvalue weighted by atomic mass is 10.1. The van der Waals surface area contributed by atoms with Crippen LogP contribution in [0.25, 0.3) is 0 Å². The maximum absolute atomic E-state index is 3.43. The molecule has 1 saturated heterocycles. The number of nitrogens with one attached hydrogen (secondary N) is 1. The first kappa shape index (κ1) is 7.35. The molecule has 2 aliphatic rings. The van der Waals surface area contributed by atoms with Gasteiger partial charge in [-0.25, -0.2) is 0 Å². The third kappa shape index (κ3) is 2.33. The molecule has 2 rings (SSSR count). The Hall–Kier alpha value is -0.300. The number of hydrogen-bond acceptors (Lipinski definition) is 1. The van der Waals surface area contributed by atoms with Crippen molar-refractivity contribution in [2.24, 2.45) is 5.92 Å². The van der Waals surface area contributed by atoms with Crippen molar-refractivity contribution in [1.29, 1.82) is 0 Å². The van der Waals surface area contributed by atoms with Crippen LogP contribution in [-0.2, 0) is 0 Å². The number of hydrogen-bond donors (Lipinski definition) is 1. The molecular formula is C10H17N. The lowest BCUT2D eigenvalue weighted by Gasteiger charge is -1.99. The molecule has 1 aliphatic carbocycles. The zero-order valence-corrected chi connectivity index (χ0v) is 7.10. The largest absolute Gasteiger partial charge is 0.316 e. The van der Waals surface area contributed by atoms with Gasteiger partial charge in [-0.05, 0) is 51.1 Å². The summed E-state index contributed by atoms with van der Waals surface area (Å²) in [5.74, 6) is 0.975. The number of allylic oxidation sites excluding steroid dienone is 1. The van der Waals surface area contributed by atoms with E-state index in [0.717, 1.165) is 5.92 Å². The summed E-state index contributed by atoms with van der Waals surface area (Å²) < 4.78 is 0. The van der Waals surface area contributed by atoms with Crippen LogP contribution in [0.4, 0.5) is 0 Å². The van der Waals surface area contributed by atoms with Gasteiger partial charge in [-0.3, -0.25) is 0 Å². The average Bonchev–Trinajstić information content (AvgIpc) is 2.77. The summed E-state index contributed by atoms with van der Waals surface area (Å²) in [7, 11) is 0. The van der Waals surface area contributed by atoms with Crippen molar-refractivity contribution in [2.45, 2.75) is 32.1 Å². The molecule has 0 atom stereocenters. The fourth-order valence-electron chi connectivity index (χ4n) is 1.70. The van der Waals surface area contributed by atoms with Gasteiger partial charge in [0, 0.05) is 0 Å². The second-order valence-electron chi connectivity index (χ2n) is 3.77. The van der Waals surface area contributed by atoms with Crippen molar-refractivity contribution in [2.75, 3.05) is 13.1 Å². The first-order valence-corrected chi connectivity index (χ1v) is 4.85. The van der Waals surface area contributed by atoms with E-state index < -0.39 is 0 Å². The third-order valence-electron chi connectivity index (χ3n) is 2.57. The second kappa shape index (κ2) is 3.40. The monoisotopic (exact) mass is 151 g/mol. The summed E-state index contributed by atoms with van der Waals surface area (Å²) in [4.78, 5) is 0. The zero-order valence-electron chi connectivity index (χ0n) is 7.10. The fourth-order valence-corrected chi connectivity index (χ4v) is 1.70. The van der Waals surface area contributed by atoms with Crippen molar-refractivity contribution in [1.82, 2.24) is 5.32 Å². The fraction of sp³-hybridized carbons (Fsp3) is 0.800. The molecule has 0 amide bonds. The highest BCUT2D eigenvalue weighted by atomic mass is 14.8. The smallest absolute Gasteiger partial charge is 0.00116 e. The van der Waals surface area contributed by atoms with Crippen LogP contribution in [0.5, 0.6) is 0 Å². The van der Waals surface area contributed by atoms with E-state index in [0.29, 0.717) is 0 Å². The van der Waals surface area contributed by atoms with E-state index in [-0.39, 0.29) is 0 Å². The highest BCUT2D eigenvalue weighted by Crippen LogP contribution is 2.32. The summed E-state index contributed by atoms with van der Waals surface area (Å²) in [6.07, 6.45) is 9.44. The summed E-state index contributed by atoms with van der Waals surface area (Å²) in [5.41, 5.74) is 1.72. The lowest BCUT2D eigenvalue weighted by Crippen LogP contribution is -2.13. The van der Waals surface area contributed by atoms with E-state index in [1.54, 1.807) is 5.57 Å². The van der Waals surface area contributed by atoms with E-state index in [2.05, 4.69) is 11.4 Å². The molecule has 1 saturated carbocycles. The maximum Gasteiger partial charge on any atom is -0.00116 e. The van der Waals surface area contributed by atoms with Gasteiger partial charge in [0.1, 0.15) is 0 Å². The van der Waals surface area contributed by atoms with Gasteiger partial charge in [0.2, 0.25) is 0 Å². The van der Waals surface area contributed by atoms with E-state index in [9.17, 15) is 0 Å². The zero-order chi connectivity index (χ0) is 7.52. The van der Waals surface area contributed by atoms with E-state index in [1.807, 2.05) is 0 Å². The Morgan fingerprint density at radius 3 is 2.91 bits per heavy atom. The van der Waals surface area contributed by atoms with Crippen LogP contribution >= 0.6 is 0 Å². The van der Waals surface area contributed by atoms with Gasteiger partial charge in [-0.1, -0.05) is 11.6 Å². The molecule has 0 aromatic carbocycles. The molecule has 1 N–H and O–H groups in total. The molecule has 0 aromatic rings. The Bertz CT molecular complexity index is 146. The van der Waals surface area contributed by atoms with E-state index in [4.69, 9.17) is 0 Å². The average molecular weight is 151 g/mol. The van der Waals surface area contributed by atoms with Crippen LogP contribution in [0.1, 0.15) is 32.1 Å². The van der Waals surface area contributed by atoms with Crippen molar-refractivity contribution in [3.63, 3.8) is 0 Å². The van der Waals surface area contributed by atoms with Crippen LogP contribution in [-0.4, -0.2) is 13.1 Å². The molecule has 0 aromatic heterocycles. The molecule has 0 bridgehead atoms. The maximum atomic E-state index is 3.43. The standard InChI is InChI=1S/C10H17N/c1-2-9(5-7-11-6-1)8-10-3-4-10/h8,10-11H,1-7H2/b9-8-. The molecule has 2 fully saturated rings. The Balaban J connectivity index is 1.88. The molecular weight excluding hydrogens is 134 g/mol. The van der Waals surface area contributed by atoms with Crippen LogP contribution in [0.2, 0.25) is 0 Å². The second-order valence-corrected chi connectivity index (χ2v) is 3.77. The quantitative estimate of drug-likeness (QED) is 0.566. The Labute approximate surface area is 68.9 Å². The molecule has 11 heavy (non-hydrogen) atoms. The first-order valence-electron chi connectivity index (χ1n) is 4.85. The van der Waals surface area contributed by atoms with Crippen LogP contribution in [0.3, 0.4) is 0 Å². The molecule has 1 heterocycles. The lowest BCUT2D eigenvalue weighted by molar-refractivity contribution is 0.703.